The number of rotatable bonds is 4. The summed E-state index contributed by atoms with van der Waals surface area (Å²) in [7, 11) is 1.50. The highest BCUT2D eigenvalue weighted by Gasteiger charge is 2.71. The van der Waals surface area contributed by atoms with Crippen molar-refractivity contribution in [2.45, 2.75) is 30.8 Å². The van der Waals surface area contributed by atoms with E-state index in [1.807, 2.05) is 0 Å². The number of aliphatic hydroxyl groups is 1. The summed E-state index contributed by atoms with van der Waals surface area (Å²) in [6.45, 7) is 1.22. The van der Waals surface area contributed by atoms with E-state index in [0.29, 0.717) is 25.2 Å². The lowest BCUT2D eigenvalue weighted by molar-refractivity contribution is -0.376. The number of anilines is 1. The van der Waals surface area contributed by atoms with Gasteiger partial charge in [0.05, 0.1) is 6.54 Å². The van der Waals surface area contributed by atoms with Crippen LogP contribution in [0, 0.1) is 0 Å². The third kappa shape index (κ3) is 3.74. The van der Waals surface area contributed by atoms with Gasteiger partial charge in [0.15, 0.2) is 0 Å². The molecule has 1 aromatic carbocycles. The van der Waals surface area contributed by atoms with Crippen LogP contribution in [0.2, 0.25) is 0 Å². The van der Waals surface area contributed by atoms with Crippen LogP contribution in [0.15, 0.2) is 24.3 Å². The van der Waals surface area contributed by atoms with Crippen molar-refractivity contribution in [3.05, 3.63) is 29.8 Å². The van der Waals surface area contributed by atoms with Crippen LogP contribution in [0.4, 0.5) is 32.0 Å². The van der Waals surface area contributed by atoms with Crippen LogP contribution in [-0.2, 0) is 10.4 Å². The molecule has 4 nitrogen and oxygen atoms in total. The lowest BCUT2D eigenvalue weighted by Crippen LogP contribution is -2.53. The molecule has 146 valence electrons. The molecule has 1 aliphatic rings. The van der Waals surface area contributed by atoms with Crippen LogP contribution in [0.3, 0.4) is 0 Å². The monoisotopic (exact) mass is 384 g/mol. The highest BCUT2D eigenvalue weighted by atomic mass is 19.4. The molecule has 26 heavy (non-hydrogen) atoms. The summed E-state index contributed by atoms with van der Waals surface area (Å²) in [6, 6.07) is 3.14. The van der Waals surface area contributed by atoms with Gasteiger partial charge in [0.25, 0.3) is 5.60 Å². The van der Waals surface area contributed by atoms with Crippen LogP contribution in [0.5, 0.6) is 0 Å². The van der Waals surface area contributed by atoms with E-state index in [1.54, 1.807) is 4.90 Å². The molecule has 1 fully saturated rings. The molecular formula is C16H18F6N2O2. The van der Waals surface area contributed by atoms with Crippen molar-refractivity contribution in [3.63, 3.8) is 0 Å². The summed E-state index contributed by atoms with van der Waals surface area (Å²) in [5.41, 5.74) is -6.03. The average molecular weight is 384 g/mol. The van der Waals surface area contributed by atoms with Gasteiger partial charge in [-0.1, -0.05) is 12.1 Å². The molecule has 10 heteroatoms. The van der Waals surface area contributed by atoms with Crippen LogP contribution in [0.25, 0.3) is 0 Å². The maximum atomic E-state index is 12.9. The lowest BCUT2D eigenvalue weighted by atomic mass is 9.92. The Balaban J connectivity index is 2.19. The quantitative estimate of drug-likeness (QED) is 0.812. The third-order valence-corrected chi connectivity index (χ3v) is 4.38. The highest BCUT2D eigenvalue weighted by Crippen LogP contribution is 2.50. The number of likely N-dealkylation sites (tertiary alicyclic amines) is 1. The summed E-state index contributed by atoms with van der Waals surface area (Å²) >= 11 is 0. The van der Waals surface area contributed by atoms with Gasteiger partial charge < -0.3 is 14.9 Å². The Kier molecular flexibility index (Phi) is 5.46. The average Bonchev–Trinajstić information content (AvgIpc) is 3.06. The number of nitrogens with zero attached hydrogens (tertiary/aromatic N) is 2. The summed E-state index contributed by atoms with van der Waals surface area (Å²) in [6.07, 6.45) is -10.1. The number of amides is 1. The minimum Gasteiger partial charge on any atom is -0.369 e. The molecule has 0 bridgehead atoms. The van der Waals surface area contributed by atoms with Crippen molar-refractivity contribution in [2.24, 2.45) is 0 Å². The summed E-state index contributed by atoms with van der Waals surface area (Å²) in [5, 5.41) is 9.35. The van der Waals surface area contributed by atoms with Crippen molar-refractivity contribution in [2.75, 3.05) is 31.6 Å². The van der Waals surface area contributed by atoms with E-state index in [-0.39, 0.29) is 18.1 Å². The maximum absolute atomic E-state index is 12.9. The Bertz CT molecular complexity index is 622. The Hall–Kier alpha value is -1.97. The van der Waals surface area contributed by atoms with E-state index in [1.165, 1.54) is 11.9 Å². The number of hydrogen-bond acceptors (Lipinski definition) is 3. The van der Waals surface area contributed by atoms with Gasteiger partial charge in [-0.3, -0.25) is 4.79 Å². The molecule has 0 aliphatic carbocycles. The minimum atomic E-state index is -5.93. The molecule has 1 saturated heterocycles. The first-order valence-corrected chi connectivity index (χ1v) is 7.83. The molecule has 0 radical (unpaired) electrons. The van der Waals surface area contributed by atoms with E-state index in [4.69, 9.17) is 0 Å². The zero-order valence-corrected chi connectivity index (χ0v) is 13.9. The number of halogens is 6. The van der Waals surface area contributed by atoms with E-state index in [9.17, 15) is 36.2 Å². The molecule has 0 unspecified atom stereocenters. The predicted octanol–water partition coefficient (Wildman–Crippen LogP) is 3.06. The van der Waals surface area contributed by atoms with Gasteiger partial charge in [-0.2, -0.15) is 26.3 Å². The van der Waals surface area contributed by atoms with Crippen LogP contribution in [-0.4, -0.2) is 54.9 Å². The normalized spacial score (nSPS) is 16.1. The first-order valence-electron chi connectivity index (χ1n) is 7.83. The summed E-state index contributed by atoms with van der Waals surface area (Å²) in [4.78, 5) is 15.1. The molecule has 0 atom stereocenters. The zero-order chi connectivity index (χ0) is 19.8. The van der Waals surface area contributed by atoms with E-state index in [2.05, 4.69) is 0 Å². The van der Waals surface area contributed by atoms with Crippen molar-refractivity contribution >= 4 is 11.6 Å². The fraction of sp³-hybridized carbons (Fsp3) is 0.562. The first-order chi connectivity index (χ1) is 11.9. The number of carbonyl (C=O) groups is 1. The number of alkyl halides is 6. The molecule has 0 aromatic heterocycles. The molecular weight excluding hydrogens is 366 g/mol. The fourth-order valence-corrected chi connectivity index (χ4v) is 2.81. The van der Waals surface area contributed by atoms with E-state index in [0.717, 1.165) is 25.0 Å². The number of carbonyl (C=O) groups excluding carboxylic acids is 1. The molecule has 0 saturated carbocycles. The second-order valence-corrected chi connectivity index (χ2v) is 6.20. The molecule has 1 aliphatic heterocycles. The second-order valence-electron chi connectivity index (χ2n) is 6.20. The summed E-state index contributed by atoms with van der Waals surface area (Å²) < 4.78 is 77.2. The van der Waals surface area contributed by atoms with Gasteiger partial charge in [0.1, 0.15) is 0 Å². The Labute approximate surface area is 146 Å². The third-order valence-electron chi connectivity index (χ3n) is 4.38. The van der Waals surface area contributed by atoms with Gasteiger partial charge >= 0.3 is 12.4 Å². The molecule has 0 spiro atoms. The molecule has 1 amide bonds. The first kappa shape index (κ1) is 20.3. The van der Waals surface area contributed by atoms with Gasteiger partial charge in [-0.15, -0.1) is 0 Å². The Morgan fingerprint density at radius 1 is 1.04 bits per heavy atom. The second kappa shape index (κ2) is 6.98. The Morgan fingerprint density at radius 3 is 1.92 bits per heavy atom. The SMILES string of the molecule is CN(CC(=O)N1CCCC1)c1ccc(C(O)(C(F)(F)F)C(F)(F)F)cc1. The standard InChI is InChI=1S/C16H18F6N2O2/c1-23(10-13(25)24-8-2-3-9-24)12-6-4-11(5-7-12)14(26,15(17,18)19)16(20,21)22/h4-7,26H,2-3,8-10H2,1H3. The van der Waals surface area contributed by atoms with E-state index >= 15 is 0 Å². The van der Waals surface area contributed by atoms with E-state index < -0.39 is 23.5 Å². The molecule has 1 N–H and O–H groups in total. The van der Waals surface area contributed by atoms with Gasteiger partial charge in [0, 0.05) is 31.4 Å². The van der Waals surface area contributed by atoms with Crippen LogP contribution < -0.4 is 4.90 Å². The molecule has 1 heterocycles. The van der Waals surface area contributed by atoms with Gasteiger partial charge in [0.2, 0.25) is 5.91 Å². The van der Waals surface area contributed by atoms with Crippen LogP contribution in [0.1, 0.15) is 18.4 Å². The zero-order valence-electron chi connectivity index (χ0n) is 13.9. The summed E-state index contributed by atoms with van der Waals surface area (Å²) in [5.74, 6) is -0.170. The van der Waals surface area contributed by atoms with Crippen molar-refractivity contribution in [1.82, 2.24) is 4.90 Å². The predicted molar refractivity (Wildman–Crippen MR) is 81.5 cm³/mol. The fourth-order valence-electron chi connectivity index (χ4n) is 2.81. The lowest BCUT2D eigenvalue weighted by Gasteiger charge is -2.33. The van der Waals surface area contributed by atoms with Crippen molar-refractivity contribution in [3.8, 4) is 0 Å². The van der Waals surface area contributed by atoms with Crippen molar-refractivity contribution in [1.29, 1.82) is 0 Å². The van der Waals surface area contributed by atoms with Crippen LogP contribution >= 0.6 is 0 Å². The Morgan fingerprint density at radius 2 is 1.50 bits per heavy atom. The number of likely N-dealkylation sites (N-methyl/N-ethyl adjacent to an activating group) is 1. The molecule has 2 rings (SSSR count). The highest BCUT2D eigenvalue weighted by molar-refractivity contribution is 5.81. The minimum absolute atomic E-state index is 0.0534. The number of hydrogen-bond donors (Lipinski definition) is 1. The van der Waals surface area contributed by atoms with Gasteiger partial charge in [-0.25, -0.2) is 0 Å². The maximum Gasteiger partial charge on any atom is 0.430 e. The smallest absolute Gasteiger partial charge is 0.369 e. The van der Waals surface area contributed by atoms with Crippen molar-refractivity contribution < 1.29 is 36.2 Å². The molecule has 1 aromatic rings. The largest absolute Gasteiger partial charge is 0.430 e. The number of benzene rings is 1. The topological polar surface area (TPSA) is 43.8 Å². The van der Waals surface area contributed by atoms with Gasteiger partial charge in [-0.05, 0) is 25.0 Å².